The zero-order valence-electron chi connectivity index (χ0n) is 13.7. The van der Waals surface area contributed by atoms with Crippen LogP contribution in [0, 0.1) is 5.41 Å². The monoisotopic (exact) mass is 419 g/mol. The average molecular weight is 419 g/mol. The van der Waals surface area contributed by atoms with Gasteiger partial charge in [0.2, 0.25) is 0 Å². The summed E-state index contributed by atoms with van der Waals surface area (Å²) in [6.45, 7) is 7.07. The first-order valence-electron chi connectivity index (χ1n) is 7.27. The molecule has 0 saturated carbocycles. The summed E-state index contributed by atoms with van der Waals surface area (Å²) in [5, 5.41) is 13.2. The van der Waals surface area contributed by atoms with Crippen LogP contribution >= 0.6 is 24.0 Å². The number of likely N-dealkylation sites (tertiary alicyclic amines) is 1. The quantitative estimate of drug-likeness (QED) is 0.450. The number of phenolic OH excluding ortho intramolecular Hbond substituents is 1. The van der Waals surface area contributed by atoms with Gasteiger partial charge in [-0.3, -0.25) is 4.99 Å². The van der Waals surface area contributed by atoms with E-state index >= 15 is 0 Å². The van der Waals surface area contributed by atoms with Crippen LogP contribution in [0.4, 0.5) is 0 Å². The SMILES string of the molecule is CN=C(NCc1cc(OC)ccc1O)N1CCC(C)(C)C1.I. The van der Waals surface area contributed by atoms with Crippen molar-refractivity contribution in [3.05, 3.63) is 23.8 Å². The molecule has 5 nitrogen and oxygen atoms in total. The Morgan fingerprint density at radius 3 is 2.73 bits per heavy atom. The number of methoxy groups -OCH3 is 1. The second kappa shape index (κ2) is 7.89. The lowest BCUT2D eigenvalue weighted by molar-refractivity contribution is 0.369. The van der Waals surface area contributed by atoms with Crippen LogP contribution in [0.25, 0.3) is 0 Å². The van der Waals surface area contributed by atoms with Gasteiger partial charge in [-0.15, -0.1) is 24.0 Å². The molecule has 0 unspecified atom stereocenters. The first-order chi connectivity index (χ1) is 9.95. The topological polar surface area (TPSA) is 57.1 Å². The molecule has 1 aliphatic rings. The molecule has 0 atom stereocenters. The summed E-state index contributed by atoms with van der Waals surface area (Å²) in [6, 6.07) is 5.23. The Morgan fingerprint density at radius 2 is 2.18 bits per heavy atom. The summed E-state index contributed by atoms with van der Waals surface area (Å²) in [4.78, 5) is 6.60. The Balaban J connectivity index is 0.00000242. The number of aliphatic imine (C=N–C) groups is 1. The highest BCUT2D eigenvalue weighted by molar-refractivity contribution is 14.0. The predicted octanol–water partition coefficient (Wildman–Crippen LogP) is 2.83. The van der Waals surface area contributed by atoms with E-state index in [9.17, 15) is 5.11 Å². The Bertz CT molecular complexity index is 532. The van der Waals surface area contributed by atoms with Crippen molar-refractivity contribution in [3.63, 3.8) is 0 Å². The normalized spacial score (nSPS) is 17.1. The van der Waals surface area contributed by atoms with Crippen LogP contribution in [0.3, 0.4) is 0 Å². The summed E-state index contributed by atoms with van der Waals surface area (Å²) in [7, 11) is 3.41. The predicted molar refractivity (Wildman–Crippen MR) is 100 cm³/mol. The minimum atomic E-state index is 0. The van der Waals surface area contributed by atoms with Crippen LogP contribution in [0.5, 0.6) is 11.5 Å². The van der Waals surface area contributed by atoms with Crippen molar-refractivity contribution in [3.8, 4) is 11.5 Å². The highest BCUT2D eigenvalue weighted by Gasteiger charge is 2.30. The zero-order valence-corrected chi connectivity index (χ0v) is 16.0. The van der Waals surface area contributed by atoms with Crippen molar-refractivity contribution in [2.45, 2.75) is 26.8 Å². The van der Waals surface area contributed by atoms with E-state index in [0.717, 1.165) is 36.8 Å². The Labute approximate surface area is 149 Å². The highest BCUT2D eigenvalue weighted by atomic mass is 127. The molecule has 0 radical (unpaired) electrons. The molecule has 0 aliphatic carbocycles. The summed E-state index contributed by atoms with van der Waals surface area (Å²) in [5.74, 6) is 1.88. The molecule has 124 valence electrons. The molecule has 1 saturated heterocycles. The van der Waals surface area contributed by atoms with Gasteiger partial charge in [-0.2, -0.15) is 0 Å². The fraction of sp³-hybridized carbons (Fsp3) is 0.562. The maximum absolute atomic E-state index is 9.92. The molecule has 1 aliphatic heterocycles. The van der Waals surface area contributed by atoms with E-state index in [4.69, 9.17) is 4.74 Å². The number of aromatic hydroxyl groups is 1. The Hall–Kier alpha value is -1.18. The second-order valence-electron chi connectivity index (χ2n) is 6.23. The van der Waals surface area contributed by atoms with Gasteiger partial charge in [0.15, 0.2) is 5.96 Å². The van der Waals surface area contributed by atoms with E-state index in [1.54, 1.807) is 26.3 Å². The van der Waals surface area contributed by atoms with Crippen LogP contribution in [0.15, 0.2) is 23.2 Å². The minimum Gasteiger partial charge on any atom is -0.508 e. The van der Waals surface area contributed by atoms with Gasteiger partial charge in [-0.25, -0.2) is 0 Å². The van der Waals surface area contributed by atoms with Crippen molar-refractivity contribution >= 4 is 29.9 Å². The van der Waals surface area contributed by atoms with Crippen LogP contribution in [-0.4, -0.2) is 43.2 Å². The maximum atomic E-state index is 9.92. The van der Waals surface area contributed by atoms with Gasteiger partial charge in [0.25, 0.3) is 0 Å². The number of phenols is 1. The van der Waals surface area contributed by atoms with E-state index in [-0.39, 0.29) is 29.7 Å². The van der Waals surface area contributed by atoms with Crippen molar-refractivity contribution in [2.24, 2.45) is 10.4 Å². The minimum absolute atomic E-state index is 0. The van der Waals surface area contributed by atoms with E-state index in [0.29, 0.717) is 12.0 Å². The third kappa shape index (κ3) is 4.66. The molecule has 0 amide bonds. The zero-order chi connectivity index (χ0) is 15.5. The molecule has 0 spiro atoms. The van der Waals surface area contributed by atoms with Gasteiger partial charge < -0.3 is 20.1 Å². The summed E-state index contributed by atoms with van der Waals surface area (Å²) in [6.07, 6.45) is 1.16. The van der Waals surface area contributed by atoms with Crippen LogP contribution in [0.1, 0.15) is 25.8 Å². The van der Waals surface area contributed by atoms with Gasteiger partial charge in [-0.05, 0) is 30.0 Å². The number of halogens is 1. The first-order valence-corrected chi connectivity index (χ1v) is 7.27. The number of hydrogen-bond donors (Lipinski definition) is 2. The molecule has 2 N–H and O–H groups in total. The molecule has 0 bridgehead atoms. The molecule has 22 heavy (non-hydrogen) atoms. The van der Waals surface area contributed by atoms with Crippen LogP contribution < -0.4 is 10.1 Å². The van der Waals surface area contributed by atoms with Gasteiger partial charge in [0, 0.05) is 32.2 Å². The molecule has 1 heterocycles. The van der Waals surface area contributed by atoms with Gasteiger partial charge >= 0.3 is 0 Å². The van der Waals surface area contributed by atoms with E-state index in [2.05, 4.69) is 29.1 Å². The third-order valence-corrected chi connectivity index (χ3v) is 3.91. The largest absolute Gasteiger partial charge is 0.508 e. The molecule has 1 fully saturated rings. The van der Waals surface area contributed by atoms with Crippen molar-refractivity contribution < 1.29 is 9.84 Å². The molecule has 1 aromatic carbocycles. The van der Waals surface area contributed by atoms with Crippen molar-refractivity contribution in [2.75, 3.05) is 27.2 Å². The lowest BCUT2D eigenvalue weighted by Crippen LogP contribution is -2.40. The van der Waals surface area contributed by atoms with Crippen LogP contribution in [-0.2, 0) is 6.54 Å². The van der Waals surface area contributed by atoms with E-state index < -0.39 is 0 Å². The molecule has 0 aromatic heterocycles. The first kappa shape index (κ1) is 18.9. The lowest BCUT2D eigenvalue weighted by atomic mass is 9.93. The molecular formula is C16H26IN3O2. The molecule has 2 rings (SSSR count). The fourth-order valence-electron chi connectivity index (χ4n) is 2.63. The van der Waals surface area contributed by atoms with Crippen molar-refractivity contribution in [1.82, 2.24) is 10.2 Å². The summed E-state index contributed by atoms with van der Waals surface area (Å²) in [5.41, 5.74) is 1.13. The average Bonchev–Trinajstić information content (AvgIpc) is 2.81. The number of nitrogens with one attached hydrogen (secondary N) is 1. The van der Waals surface area contributed by atoms with Gasteiger partial charge in [0.05, 0.1) is 7.11 Å². The third-order valence-electron chi connectivity index (χ3n) is 3.91. The fourth-order valence-corrected chi connectivity index (χ4v) is 2.63. The number of hydrogen-bond acceptors (Lipinski definition) is 3. The molecule has 1 aromatic rings. The second-order valence-corrected chi connectivity index (χ2v) is 6.23. The molecular weight excluding hydrogens is 393 g/mol. The number of benzene rings is 1. The number of ether oxygens (including phenoxy) is 1. The standard InChI is InChI=1S/C16H25N3O2.HI/c1-16(2)7-8-19(11-16)15(17-3)18-10-12-9-13(21-4)5-6-14(12)20;/h5-6,9,20H,7-8,10-11H2,1-4H3,(H,17,18);1H. The Morgan fingerprint density at radius 1 is 1.45 bits per heavy atom. The number of rotatable bonds is 3. The summed E-state index contributed by atoms with van der Waals surface area (Å²) >= 11 is 0. The smallest absolute Gasteiger partial charge is 0.193 e. The Kier molecular flexibility index (Phi) is 6.77. The van der Waals surface area contributed by atoms with E-state index in [1.165, 1.54) is 0 Å². The van der Waals surface area contributed by atoms with Gasteiger partial charge in [-0.1, -0.05) is 13.8 Å². The molecule has 6 heteroatoms. The lowest BCUT2D eigenvalue weighted by Gasteiger charge is -2.23. The maximum Gasteiger partial charge on any atom is 0.193 e. The van der Waals surface area contributed by atoms with Crippen LogP contribution in [0.2, 0.25) is 0 Å². The van der Waals surface area contributed by atoms with Gasteiger partial charge in [0.1, 0.15) is 11.5 Å². The number of guanidine groups is 1. The number of nitrogens with zero attached hydrogens (tertiary/aromatic N) is 2. The summed E-state index contributed by atoms with van der Waals surface area (Å²) < 4.78 is 5.19. The highest BCUT2D eigenvalue weighted by Crippen LogP contribution is 2.29. The van der Waals surface area contributed by atoms with Crippen molar-refractivity contribution in [1.29, 1.82) is 0 Å². The van der Waals surface area contributed by atoms with E-state index in [1.807, 2.05) is 6.07 Å².